The van der Waals surface area contributed by atoms with Crippen molar-refractivity contribution < 1.29 is 9.53 Å². The Kier molecular flexibility index (Phi) is 4.60. The lowest BCUT2D eigenvalue weighted by Gasteiger charge is -2.09. The number of methoxy groups -OCH3 is 1. The number of hydrogen-bond acceptors (Lipinski definition) is 5. The van der Waals surface area contributed by atoms with E-state index in [1.54, 1.807) is 31.4 Å². The highest BCUT2D eigenvalue weighted by molar-refractivity contribution is 6.04. The molecule has 0 radical (unpaired) electrons. The largest absolute Gasteiger partial charge is 0.497 e. The molecule has 0 fully saturated rings. The summed E-state index contributed by atoms with van der Waals surface area (Å²) in [7, 11) is 1.57. The van der Waals surface area contributed by atoms with E-state index < -0.39 is 0 Å². The van der Waals surface area contributed by atoms with Gasteiger partial charge in [-0.1, -0.05) is 24.3 Å². The first-order valence-corrected chi connectivity index (χ1v) is 8.70. The number of carbonyl (C=O) groups excluding carboxylic acids is 1. The monoisotopic (exact) mass is 370 g/mol. The highest BCUT2D eigenvalue weighted by Crippen LogP contribution is 2.27. The molecule has 28 heavy (non-hydrogen) atoms. The molecule has 1 aromatic heterocycles. The normalized spacial score (nSPS) is 10.6. The summed E-state index contributed by atoms with van der Waals surface area (Å²) < 4.78 is 5.18. The van der Waals surface area contributed by atoms with Gasteiger partial charge in [0, 0.05) is 16.6 Å². The van der Waals surface area contributed by atoms with Crippen molar-refractivity contribution in [3.8, 4) is 16.9 Å². The minimum atomic E-state index is -0.202. The zero-order chi connectivity index (χ0) is 19.5. The number of anilines is 2. The summed E-state index contributed by atoms with van der Waals surface area (Å²) in [5, 5.41) is 3.72. The second-order valence-electron chi connectivity index (χ2n) is 6.26. The molecule has 0 atom stereocenters. The first-order chi connectivity index (χ1) is 13.6. The molecule has 6 heteroatoms. The predicted octanol–water partition coefficient (Wildman–Crippen LogP) is 4.14. The Hall–Kier alpha value is -3.93. The number of nitrogen functional groups attached to an aromatic ring is 1. The summed E-state index contributed by atoms with van der Waals surface area (Å²) in [5.41, 5.74) is 9.90. The molecule has 0 spiro atoms. The summed E-state index contributed by atoms with van der Waals surface area (Å²) in [6, 6.07) is 20.5. The molecule has 0 aliphatic rings. The molecule has 0 bridgehead atoms. The van der Waals surface area contributed by atoms with Crippen molar-refractivity contribution in [3.05, 3.63) is 78.6 Å². The van der Waals surface area contributed by atoms with Crippen LogP contribution >= 0.6 is 0 Å². The summed E-state index contributed by atoms with van der Waals surface area (Å²) >= 11 is 0. The van der Waals surface area contributed by atoms with Crippen molar-refractivity contribution in [2.75, 3.05) is 18.2 Å². The lowest BCUT2D eigenvalue weighted by Crippen LogP contribution is -2.11. The van der Waals surface area contributed by atoms with Gasteiger partial charge in [-0.15, -0.1) is 0 Å². The quantitative estimate of drug-likeness (QED) is 0.563. The van der Waals surface area contributed by atoms with Crippen LogP contribution in [-0.2, 0) is 0 Å². The van der Waals surface area contributed by atoms with Crippen LogP contribution < -0.4 is 15.8 Å². The zero-order valence-electron chi connectivity index (χ0n) is 15.2. The summed E-state index contributed by atoms with van der Waals surface area (Å²) in [6.45, 7) is 0. The number of amides is 1. The topological polar surface area (TPSA) is 90.1 Å². The number of nitrogens with one attached hydrogen (secondary N) is 1. The number of nitrogens with two attached hydrogens (primary N) is 1. The van der Waals surface area contributed by atoms with Crippen molar-refractivity contribution in [2.45, 2.75) is 0 Å². The molecular formula is C22H18N4O2. The highest BCUT2D eigenvalue weighted by atomic mass is 16.5. The average Bonchev–Trinajstić information content (AvgIpc) is 2.74. The first kappa shape index (κ1) is 17.5. The van der Waals surface area contributed by atoms with Gasteiger partial charge in [0.15, 0.2) is 0 Å². The van der Waals surface area contributed by atoms with E-state index in [2.05, 4.69) is 15.3 Å². The van der Waals surface area contributed by atoms with Crippen LogP contribution in [-0.4, -0.2) is 23.0 Å². The Labute approximate surface area is 162 Å². The smallest absolute Gasteiger partial charge is 0.255 e. The van der Waals surface area contributed by atoms with Gasteiger partial charge in [-0.2, -0.15) is 0 Å². The Morgan fingerprint density at radius 3 is 2.64 bits per heavy atom. The van der Waals surface area contributed by atoms with Gasteiger partial charge in [0.05, 0.1) is 12.6 Å². The van der Waals surface area contributed by atoms with Crippen molar-refractivity contribution in [3.63, 3.8) is 0 Å². The molecule has 3 N–H and O–H groups in total. The van der Waals surface area contributed by atoms with E-state index >= 15 is 0 Å². The van der Waals surface area contributed by atoms with E-state index in [4.69, 9.17) is 10.5 Å². The second-order valence-corrected chi connectivity index (χ2v) is 6.26. The molecule has 6 nitrogen and oxygen atoms in total. The molecule has 3 aromatic carbocycles. The van der Waals surface area contributed by atoms with E-state index in [1.165, 1.54) is 6.33 Å². The number of benzene rings is 3. The Morgan fingerprint density at radius 2 is 1.79 bits per heavy atom. The fraction of sp³-hybridized carbons (Fsp3) is 0.0455. The maximum atomic E-state index is 12.5. The molecule has 4 aromatic rings. The number of carbonyl (C=O) groups is 1. The number of nitrogens with zero attached hydrogens (tertiary/aromatic N) is 2. The van der Waals surface area contributed by atoms with Crippen LogP contribution in [0.5, 0.6) is 5.75 Å². The van der Waals surface area contributed by atoms with Gasteiger partial charge in [-0.3, -0.25) is 4.79 Å². The number of fused-ring (bicyclic) bond motifs is 1. The van der Waals surface area contributed by atoms with E-state index in [9.17, 15) is 4.79 Å². The van der Waals surface area contributed by atoms with Crippen LogP contribution in [0, 0.1) is 0 Å². The molecular weight excluding hydrogens is 352 g/mol. The highest BCUT2D eigenvalue weighted by Gasteiger charge is 2.09. The van der Waals surface area contributed by atoms with E-state index in [0.29, 0.717) is 22.8 Å². The molecule has 0 aliphatic heterocycles. The second kappa shape index (κ2) is 7.36. The fourth-order valence-corrected chi connectivity index (χ4v) is 3.00. The summed E-state index contributed by atoms with van der Waals surface area (Å²) in [5.74, 6) is 0.874. The van der Waals surface area contributed by atoms with Gasteiger partial charge in [0.25, 0.3) is 5.91 Å². The lowest BCUT2D eigenvalue weighted by atomic mass is 10.0. The van der Waals surface area contributed by atoms with Crippen molar-refractivity contribution in [2.24, 2.45) is 0 Å². The Bertz CT molecular complexity index is 1170. The summed E-state index contributed by atoms with van der Waals surface area (Å²) in [4.78, 5) is 20.8. The lowest BCUT2D eigenvalue weighted by molar-refractivity contribution is 0.102. The molecule has 1 amide bonds. The van der Waals surface area contributed by atoms with Crippen LogP contribution in [0.2, 0.25) is 0 Å². The van der Waals surface area contributed by atoms with Gasteiger partial charge >= 0.3 is 0 Å². The number of hydrogen-bond donors (Lipinski definition) is 2. The standard InChI is InChI=1S/C22H18N4O2/c1-28-18-7-3-5-16(11-18)22(27)26-17-6-2-4-14(10-17)15-8-9-20-19(12-15)21(23)25-13-24-20/h2-13H,1H3,(H,26,27)(H2,23,24,25). The van der Waals surface area contributed by atoms with E-state index in [1.807, 2.05) is 42.5 Å². The van der Waals surface area contributed by atoms with Crippen molar-refractivity contribution >= 4 is 28.3 Å². The third-order valence-corrected chi connectivity index (χ3v) is 4.45. The maximum absolute atomic E-state index is 12.5. The van der Waals surface area contributed by atoms with Gasteiger partial charge in [0.1, 0.15) is 17.9 Å². The minimum absolute atomic E-state index is 0.202. The van der Waals surface area contributed by atoms with E-state index in [0.717, 1.165) is 22.0 Å². The van der Waals surface area contributed by atoms with Crippen molar-refractivity contribution in [1.82, 2.24) is 9.97 Å². The minimum Gasteiger partial charge on any atom is -0.497 e. The molecule has 1 heterocycles. The zero-order valence-corrected chi connectivity index (χ0v) is 15.2. The Morgan fingerprint density at radius 1 is 0.964 bits per heavy atom. The number of aromatic nitrogens is 2. The van der Waals surface area contributed by atoms with Crippen molar-refractivity contribution in [1.29, 1.82) is 0 Å². The third-order valence-electron chi connectivity index (χ3n) is 4.45. The molecule has 0 aliphatic carbocycles. The average molecular weight is 370 g/mol. The van der Waals surface area contributed by atoms with Crippen LogP contribution in [0.3, 0.4) is 0 Å². The summed E-state index contributed by atoms with van der Waals surface area (Å²) in [6.07, 6.45) is 1.45. The molecule has 4 rings (SSSR count). The van der Waals surface area contributed by atoms with Gasteiger partial charge in [-0.05, 0) is 53.6 Å². The first-order valence-electron chi connectivity index (χ1n) is 8.70. The van der Waals surface area contributed by atoms with Crippen LogP contribution in [0.15, 0.2) is 73.1 Å². The van der Waals surface area contributed by atoms with Gasteiger partial charge < -0.3 is 15.8 Å². The van der Waals surface area contributed by atoms with Gasteiger partial charge in [0.2, 0.25) is 0 Å². The third kappa shape index (κ3) is 3.48. The predicted molar refractivity (Wildman–Crippen MR) is 110 cm³/mol. The Balaban J connectivity index is 1.63. The molecule has 0 saturated carbocycles. The molecule has 138 valence electrons. The number of ether oxygens (including phenoxy) is 1. The number of rotatable bonds is 4. The maximum Gasteiger partial charge on any atom is 0.255 e. The SMILES string of the molecule is COc1cccc(C(=O)Nc2cccc(-c3ccc4ncnc(N)c4c3)c2)c1. The van der Waals surface area contributed by atoms with E-state index in [-0.39, 0.29) is 5.91 Å². The van der Waals surface area contributed by atoms with Gasteiger partial charge in [-0.25, -0.2) is 9.97 Å². The fourth-order valence-electron chi connectivity index (χ4n) is 3.00. The molecule has 0 saturated heterocycles. The van der Waals surface area contributed by atoms with Crippen LogP contribution in [0.25, 0.3) is 22.0 Å². The van der Waals surface area contributed by atoms with Crippen LogP contribution in [0.4, 0.5) is 11.5 Å². The van der Waals surface area contributed by atoms with Crippen LogP contribution in [0.1, 0.15) is 10.4 Å². The molecule has 0 unspecified atom stereocenters.